The second-order valence-electron chi connectivity index (χ2n) is 3.33. The molecule has 0 fully saturated rings. The first-order chi connectivity index (χ1) is 6.86. The van der Waals surface area contributed by atoms with Gasteiger partial charge in [-0.25, -0.2) is 0 Å². The van der Waals surface area contributed by atoms with E-state index in [1.54, 1.807) is 0 Å². The monoisotopic (exact) mass is 193 g/mol. The van der Waals surface area contributed by atoms with Gasteiger partial charge in [0.15, 0.2) is 0 Å². The molecule has 14 heavy (non-hydrogen) atoms. The van der Waals surface area contributed by atoms with E-state index in [-0.39, 0.29) is 0 Å². The first kappa shape index (κ1) is 11.1. The van der Waals surface area contributed by atoms with Gasteiger partial charge < -0.3 is 10.6 Å². The lowest BCUT2D eigenvalue weighted by atomic mass is 10.2. The van der Waals surface area contributed by atoms with Gasteiger partial charge in [0.2, 0.25) is 0 Å². The fraction of sp³-hybridized carbons (Fsp3) is 0.545. The molecule has 0 radical (unpaired) electrons. The molecule has 3 heteroatoms. The molecule has 0 aromatic carbocycles. The molecule has 0 saturated heterocycles. The van der Waals surface area contributed by atoms with E-state index in [2.05, 4.69) is 28.9 Å². The Bertz CT molecular complexity index is 236. The van der Waals surface area contributed by atoms with Crippen LogP contribution < -0.4 is 5.73 Å². The summed E-state index contributed by atoms with van der Waals surface area (Å²) in [4.78, 5) is 6.36. The van der Waals surface area contributed by atoms with Gasteiger partial charge in [-0.1, -0.05) is 6.92 Å². The van der Waals surface area contributed by atoms with E-state index >= 15 is 0 Å². The van der Waals surface area contributed by atoms with Crippen LogP contribution in [0.15, 0.2) is 24.5 Å². The van der Waals surface area contributed by atoms with E-state index in [0.29, 0.717) is 0 Å². The fourth-order valence-corrected chi connectivity index (χ4v) is 1.45. The van der Waals surface area contributed by atoms with Crippen molar-refractivity contribution in [2.75, 3.05) is 26.2 Å². The van der Waals surface area contributed by atoms with Crippen molar-refractivity contribution in [3.8, 4) is 0 Å². The van der Waals surface area contributed by atoms with E-state index in [1.807, 2.05) is 12.4 Å². The molecule has 2 N–H and O–H groups in total. The van der Waals surface area contributed by atoms with Gasteiger partial charge in [-0.05, 0) is 30.7 Å². The zero-order valence-corrected chi connectivity index (χ0v) is 8.82. The van der Waals surface area contributed by atoms with Crippen molar-refractivity contribution < 1.29 is 0 Å². The Labute approximate surface area is 85.9 Å². The molecule has 0 atom stereocenters. The molecule has 78 valence electrons. The molecule has 0 saturated carbocycles. The van der Waals surface area contributed by atoms with Gasteiger partial charge >= 0.3 is 0 Å². The number of pyridine rings is 1. The van der Waals surface area contributed by atoms with Crippen LogP contribution in [0, 0.1) is 0 Å². The molecule has 1 aromatic heterocycles. The molecule has 1 rings (SSSR count). The van der Waals surface area contributed by atoms with Crippen LogP contribution >= 0.6 is 0 Å². The van der Waals surface area contributed by atoms with Crippen molar-refractivity contribution in [3.05, 3.63) is 30.1 Å². The SMILES string of the molecule is CCN(CCN)CCc1ccncc1. The van der Waals surface area contributed by atoms with Crippen LogP contribution in [0.4, 0.5) is 0 Å². The Balaban J connectivity index is 2.32. The van der Waals surface area contributed by atoms with Crippen LogP contribution in [0.3, 0.4) is 0 Å². The Morgan fingerprint density at radius 1 is 1.29 bits per heavy atom. The maximum absolute atomic E-state index is 5.52. The summed E-state index contributed by atoms with van der Waals surface area (Å²) in [7, 11) is 0. The highest BCUT2D eigenvalue weighted by Crippen LogP contribution is 1.99. The van der Waals surface area contributed by atoms with Gasteiger partial charge in [0.05, 0.1) is 0 Å². The Kier molecular flexibility index (Phi) is 5.19. The lowest BCUT2D eigenvalue weighted by molar-refractivity contribution is 0.300. The Morgan fingerprint density at radius 2 is 2.00 bits per heavy atom. The number of hydrogen-bond donors (Lipinski definition) is 1. The van der Waals surface area contributed by atoms with Crippen LogP contribution in [0.2, 0.25) is 0 Å². The highest BCUT2D eigenvalue weighted by atomic mass is 15.1. The lowest BCUT2D eigenvalue weighted by Gasteiger charge is -2.18. The molecule has 3 nitrogen and oxygen atoms in total. The summed E-state index contributed by atoms with van der Waals surface area (Å²) < 4.78 is 0. The number of nitrogens with two attached hydrogens (primary N) is 1. The molecule has 1 aromatic rings. The van der Waals surface area contributed by atoms with E-state index in [9.17, 15) is 0 Å². The molecule has 0 spiro atoms. The molecule has 0 bridgehead atoms. The Morgan fingerprint density at radius 3 is 2.57 bits per heavy atom. The second kappa shape index (κ2) is 6.51. The van der Waals surface area contributed by atoms with Gasteiger partial charge in [-0.15, -0.1) is 0 Å². The lowest BCUT2D eigenvalue weighted by Crippen LogP contribution is -2.31. The maximum Gasteiger partial charge on any atom is 0.0270 e. The molecule has 0 aliphatic heterocycles. The fourth-order valence-electron chi connectivity index (χ4n) is 1.45. The predicted molar refractivity (Wildman–Crippen MR) is 59.1 cm³/mol. The number of hydrogen-bond acceptors (Lipinski definition) is 3. The van der Waals surface area contributed by atoms with Gasteiger partial charge in [0, 0.05) is 32.0 Å². The van der Waals surface area contributed by atoms with E-state index in [1.165, 1.54) is 5.56 Å². The van der Waals surface area contributed by atoms with Gasteiger partial charge in [-0.3, -0.25) is 4.98 Å². The standard InChI is InChI=1S/C11H19N3/c1-2-14(10-6-12)9-5-11-3-7-13-8-4-11/h3-4,7-8H,2,5-6,9-10,12H2,1H3. The average Bonchev–Trinajstić information content (AvgIpc) is 2.25. The van der Waals surface area contributed by atoms with Crippen LogP contribution in [-0.4, -0.2) is 36.1 Å². The summed E-state index contributed by atoms with van der Waals surface area (Å²) in [6.07, 6.45) is 4.76. The molecule has 0 aliphatic rings. The van der Waals surface area contributed by atoms with Crippen molar-refractivity contribution in [2.24, 2.45) is 5.73 Å². The molecular formula is C11H19N3. The van der Waals surface area contributed by atoms with E-state index in [0.717, 1.165) is 32.6 Å². The van der Waals surface area contributed by atoms with Gasteiger partial charge in [0.25, 0.3) is 0 Å². The summed E-state index contributed by atoms with van der Waals surface area (Å²) in [6, 6.07) is 4.13. The van der Waals surface area contributed by atoms with Crippen molar-refractivity contribution >= 4 is 0 Å². The zero-order chi connectivity index (χ0) is 10.2. The smallest absolute Gasteiger partial charge is 0.0270 e. The van der Waals surface area contributed by atoms with Crippen LogP contribution in [-0.2, 0) is 6.42 Å². The Hall–Kier alpha value is -0.930. The van der Waals surface area contributed by atoms with Gasteiger partial charge in [0.1, 0.15) is 0 Å². The predicted octanol–water partition coefficient (Wildman–Crippen LogP) is 0.905. The molecular weight excluding hydrogens is 174 g/mol. The summed E-state index contributed by atoms with van der Waals surface area (Å²) in [5, 5.41) is 0. The van der Waals surface area contributed by atoms with Crippen LogP contribution in [0.5, 0.6) is 0 Å². The molecule has 1 heterocycles. The van der Waals surface area contributed by atoms with Crippen molar-refractivity contribution in [1.29, 1.82) is 0 Å². The number of rotatable bonds is 6. The molecule has 0 amide bonds. The number of likely N-dealkylation sites (N-methyl/N-ethyl adjacent to an activating group) is 1. The number of nitrogens with zero attached hydrogens (tertiary/aromatic N) is 2. The topological polar surface area (TPSA) is 42.1 Å². The summed E-state index contributed by atoms with van der Waals surface area (Å²) in [5.74, 6) is 0. The highest BCUT2D eigenvalue weighted by molar-refractivity contribution is 5.09. The van der Waals surface area contributed by atoms with Crippen molar-refractivity contribution in [3.63, 3.8) is 0 Å². The summed E-state index contributed by atoms with van der Waals surface area (Å²) in [6.45, 7) is 6.05. The van der Waals surface area contributed by atoms with Crippen LogP contribution in [0.1, 0.15) is 12.5 Å². The minimum absolute atomic E-state index is 0.740. The third-order valence-corrected chi connectivity index (χ3v) is 2.36. The van der Waals surface area contributed by atoms with E-state index < -0.39 is 0 Å². The zero-order valence-electron chi connectivity index (χ0n) is 8.82. The number of aromatic nitrogens is 1. The minimum atomic E-state index is 0.740. The first-order valence-electron chi connectivity index (χ1n) is 5.18. The summed E-state index contributed by atoms with van der Waals surface area (Å²) >= 11 is 0. The normalized spacial score (nSPS) is 10.8. The molecule has 0 unspecified atom stereocenters. The van der Waals surface area contributed by atoms with Crippen molar-refractivity contribution in [1.82, 2.24) is 9.88 Å². The second-order valence-corrected chi connectivity index (χ2v) is 3.33. The molecule has 0 aliphatic carbocycles. The van der Waals surface area contributed by atoms with Crippen LogP contribution in [0.25, 0.3) is 0 Å². The third-order valence-electron chi connectivity index (χ3n) is 2.36. The highest BCUT2D eigenvalue weighted by Gasteiger charge is 2.00. The minimum Gasteiger partial charge on any atom is -0.329 e. The van der Waals surface area contributed by atoms with Crippen molar-refractivity contribution in [2.45, 2.75) is 13.3 Å². The van der Waals surface area contributed by atoms with E-state index in [4.69, 9.17) is 5.73 Å². The quantitative estimate of drug-likeness (QED) is 0.730. The largest absolute Gasteiger partial charge is 0.329 e. The van der Waals surface area contributed by atoms with Gasteiger partial charge in [-0.2, -0.15) is 0 Å². The average molecular weight is 193 g/mol. The first-order valence-corrected chi connectivity index (χ1v) is 5.18. The third kappa shape index (κ3) is 3.85. The summed E-state index contributed by atoms with van der Waals surface area (Å²) in [5.41, 5.74) is 6.87. The maximum atomic E-state index is 5.52.